The van der Waals surface area contributed by atoms with Gasteiger partial charge in [-0.05, 0) is 63.2 Å². The second kappa shape index (κ2) is 9.84. The standard InChI is InChI=1S/C26H34N2O3/c1-28(2)17-20-15-19(13-14-23(20)30-3)25-16-22(21-11-7-8-12-24(21)31-25)27-26(29)18-9-5-4-6-10-18/h4-6,9-10,13-15,21-22,24-25H,7-8,11-12,16-17H2,1-3H3,(H,27,29)/t21-,22+,24+,25+/m0/s1. The van der Waals surface area contributed by atoms with Gasteiger partial charge in [0.05, 0.1) is 19.3 Å². The molecule has 2 aromatic carbocycles. The van der Waals surface area contributed by atoms with Crippen molar-refractivity contribution < 1.29 is 14.3 Å². The molecule has 4 rings (SSSR count). The van der Waals surface area contributed by atoms with Crippen LogP contribution in [0.3, 0.4) is 0 Å². The van der Waals surface area contributed by atoms with Crippen LogP contribution in [0.1, 0.15) is 59.7 Å². The van der Waals surface area contributed by atoms with Gasteiger partial charge >= 0.3 is 0 Å². The Hall–Kier alpha value is -2.37. The molecule has 4 atom stereocenters. The maximum Gasteiger partial charge on any atom is 0.251 e. The molecule has 1 amide bonds. The molecule has 0 radical (unpaired) electrons. The lowest BCUT2D eigenvalue weighted by atomic mass is 9.76. The van der Waals surface area contributed by atoms with Gasteiger partial charge in [0.1, 0.15) is 5.75 Å². The fraction of sp³-hybridized carbons (Fsp3) is 0.500. The van der Waals surface area contributed by atoms with Crippen molar-refractivity contribution >= 4 is 5.91 Å². The van der Waals surface area contributed by atoms with Crippen LogP contribution < -0.4 is 10.1 Å². The fourth-order valence-electron chi connectivity index (χ4n) is 5.11. The number of carbonyl (C=O) groups is 1. The van der Waals surface area contributed by atoms with Gasteiger partial charge in [-0.3, -0.25) is 4.79 Å². The molecule has 0 aromatic heterocycles. The molecule has 1 heterocycles. The number of nitrogens with zero attached hydrogens (tertiary/aromatic N) is 1. The van der Waals surface area contributed by atoms with E-state index in [0.29, 0.717) is 5.92 Å². The molecule has 2 aliphatic rings. The van der Waals surface area contributed by atoms with E-state index in [1.807, 2.05) is 36.4 Å². The van der Waals surface area contributed by atoms with E-state index in [2.05, 4.69) is 36.4 Å². The van der Waals surface area contributed by atoms with Gasteiger partial charge < -0.3 is 19.7 Å². The zero-order valence-electron chi connectivity index (χ0n) is 18.8. The number of carbonyl (C=O) groups excluding carboxylic acids is 1. The number of hydrogen-bond donors (Lipinski definition) is 1. The Morgan fingerprint density at radius 1 is 1.13 bits per heavy atom. The monoisotopic (exact) mass is 422 g/mol. The van der Waals surface area contributed by atoms with Gasteiger partial charge in [0, 0.05) is 29.6 Å². The van der Waals surface area contributed by atoms with Gasteiger partial charge in [0.2, 0.25) is 0 Å². The molecule has 2 aromatic rings. The van der Waals surface area contributed by atoms with Crippen LogP contribution in [0.15, 0.2) is 48.5 Å². The van der Waals surface area contributed by atoms with E-state index >= 15 is 0 Å². The molecule has 0 unspecified atom stereocenters. The quantitative estimate of drug-likeness (QED) is 0.741. The van der Waals surface area contributed by atoms with Crippen molar-refractivity contribution in [3.8, 4) is 5.75 Å². The molecule has 166 valence electrons. The summed E-state index contributed by atoms with van der Waals surface area (Å²) in [5.41, 5.74) is 3.04. The van der Waals surface area contributed by atoms with Crippen LogP contribution in [0.5, 0.6) is 5.75 Å². The van der Waals surface area contributed by atoms with E-state index in [-0.39, 0.29) is 24.2 Å². The Bertz CT molecular complexity index is 883. The predicted octanol–water partition coefficient (Wildman–Crippen LogP) is 4.58. The topological polar surface area (TPSA) is 50.8 Å². The van der Waals surface area contributed by atoms with Crippen molar-refractivity contribution in [2.75, 3.05) is 21.2 Å². The molecule has 1 saturated carbocycles. The van der Waals surface area contributed by atoms with Crippen LogP contribution in [0.25, 0.3) is 0 Å². The normalized spacial score (nSPS) is 25.7. The van der Waals surface area contributed by atoms with Gasteiger partial charge in [0.25, 0.3) is 5.91 Å². The van der Waals surface area contributed by atoms with Crippen molar-refractivity contribution in [3.63, 3.8) is 0 Å². The zero-order chi connectivity index (χ0) is 21.8. The Labute approximate surface area is 185 Å². The molecule has 1 aliphatic heterocycles. The molecule has 1 saturated heterocycles. The average Bonchev–Trinajstić information content (AvgIpc) is 2.79. The Kier molecular flexibility index (Phi) is 6.93. The fourth-order valence-corrected chi connectivity index (χ4v) is 5.11. The highest BCUT2D eigenvalue weighted by atomic mass is 16.5. The summed E-state index contributed by atoms with van der Waals surface area (Å²) in [7, 11) is 5.84. The van der Waals surface area contributed by atoms with Crippen LogP contribution in [0.2, 0.25) is 0 Å². The van der Waals surface area contributed by atoms with Gasteiger partial charge in [-0.25, -0.2) is 0 Å². The molecule has 1 aliphatic carbocycles. The lowest BCUT2D eigenvalue weighted by molar-refractivity contribution is -0.113. The third-order valence-corrected chi connectivity index (χ3v) is 6.59. The van der Waals surface area contributed by atoms with Gasteiger partial charge in [-0.1, -0.05) is 37.1 Å². The molecule has 5 nitrogen and oxygen atoms in total. The summed E-state index contributed by atoms with van der Waals surface area (Å²) in [6.45, 7) is 0.809. The lowest BCUT2D eigenvalue weighted by Crippen LogP contribution is -2.51. The van der Waals surface area contributed by atoms with Crippen LogP contribution in [-0.2, 0) is 11.3 Å². The van der Waals surface area contributed by atoms with Crippen molar-refractivity contribution in [1.29, 1.82) is 0 Å². The summed E-state index contributed by atoms with van der Waals surface area (Å²) in [6, 6.07) is 16.0. The van der Waals surface area contributed by atoms with Gasteiger partial charge in [-0.2, -0.15) is 0 Å². The maximum absolute atomic E-state index is 12.9. The molecular weight excluding hydrogens is 388 g/mol. The molecule has 5 heteroatoms. The Morgan fingerprint density at radius 3 is 2.65 bits per heavy atom. The van der Waals surface area contributed by atoms with E-state index in [0.717, 1.165) is 42.7 Å². The second-order valence-corrected chi connectivity index (χ2v) is 9.10. The highest BCUT2D eigenvalue weighted by Gasteiger charge is 2.41. The van der Waals surface area contributed by atoms with E-state index in [9.17, 15) is 4.79 Å². The molecule has 0 bridgehead atoms. The SMILES string of the molecule is COc1ccc([C@H]2C[C@@H](NC(=O)c3ccccc3)[C@@H]3CCCC[C@H]3O2)cc1CN(C)C. The molecule has 1 N–H and O–H groups in total. The summed E-state index contributed by atoms with van der Waals surface area (Å²) in [6.07, 6.45) is 5.57. The number of nitrogens with one attached hydrogen (secondary N) is 1. The summed E-state index contributed by atoms with van der Waals surface area (Å²) in [5.74, 6) is 1.30. The van der Waals surface area contributed by atoms with Crippen LogP contribution >= 0.6 is 0 Å². The first-order valence-corrected chi connectivity index (χ1v) is 11.4. The number of benzene rings is 2. The number of methoxy groups -OCH3 is 1. The molecule has 2 fully saturated rings. The van der Waals surface area contributed by atoms with E-state index < -0.39 is 0 Å². The first-order chi connectivity index (χ1) is 15.0. The van der Waals surface area contributed by atoms with Gasteiger partial charge in [0.15, 0.2) is 0 Å². The van der Waals surface area contributed by atoms with Crippen LogP contribution in [0.4, 0.5) is 0 Å². The Morgan fingerprint density at radius 2 is 1.90 bits per heavy atom. The van der Waals surface area contributed by atoms with E-state index in [4.69, 9.17) is 9.47 Å². The first kappa shape index (κ1) is 21.8. The maximum atomic E-state index is 12.9. The summed E-state index contributed by atoms with van der Waals surface area (Å²) in [4.78, 5) is 15.1. The minimum absolute atomic E-state index is 0.0126. The summed E-state index contributed by atoms with van der Waals surface area (Å²) >= 11 is 0. The van der Waals surface area contributed by atoms with Gasteiger partial charge in [-0.15, -0.1) is 0 Å². The number of fused-ring (bicyclic) bond motifs is 1. The average molecular weight is 423 g/mol. The number of rotatable bonds is 6. The minimum atomic E-state index is -0.0211. The highest BCUT2D eigenvalue weighted by Crippen LogP contribution is 2.42. The van der Waals surface area contributed by atoms with Crippen molar-refractivity contribution in [1.82, 2.24) is 10.2 Å². The predicted molar refractivity (Wildman–Crippen MR) is 122 cm³/mol. The summed E-state index contributed by atoms with van der Waals surface area (Å²) in [5, 5.41) is 3.35. The third-order valence-electron chi connectivity index (χ3n) is 6.59. The molecular formula is C26H34N2O3. The molecule has 31 heavy (non-hydrogen) atoms. The largest absolute Gasteiger partial charge is 0.496 e. The second-order valence-electron chi connectivity index (χ2n) is 9.10. The number of ether oxygens (including phenoxy) is 2. The Balaban J connectivity index is 1.57. The van der Waals surface area contributed by atoms with E-state index in [1.54, 1.807) is 7.11 Å². The van der Waals surface area contributed by atoms with Crippen molar-refractivity contribution in [3.05, 3.63) is 65.2 Å². The lowest BCUT2D eigenvalue weighted by Gasteiger charge is -2.45. The number of hydrogen-bond acceptors (Lipinski definition) is 4. The van der Waals surface area contributed by atoms with Crippen LogP contribution in [0, 0.1) is 5.92 Å². The first-order valence-electron chi connectivity index (χ1n) is 11.4. The number of amides is 1. The smallest absolute Gasteiger partial charge is 0.251 e. The van der Waals surface area contributed by atoms with Crippen LogP contribution in [-0.4, -0.2) is 44.2 Å². The van der Waals surface area contributed by atoms with Crippen molar-refractivity contribution in [2.45, 2.75) is 56.9 Å². The minimum Gasteiger partial charge on any atom is -0.496 e. The van der Waals surface area contributed by atoms with E-state index in [1.165, 1.54) is 18.4 Å². The highest BCUT2D eigenvalue weighted by molar-refractivity contribution is 5.94. The molecule has 0 spiro atoms. The summed E-state index contributed by atoms with van der Waals surface area (Å²) < 4.78 is 12.2. The van der Waals surface area contributed by atoms with Crippen molar-refractivity contribution in [2.24, 2.45) is 5.92 Å². The zero-order valence-corrected chi connectivity index (χ0v) is 18.8. The third kappa shape index (κ3) is 5.10.